The molecule has 23 heavy (non-hydrogen) atoms. The van der Waals surface area contributed by atoms with Crippen LogP contribution in [0.2, 0.25) is 0 Å². The lowest BCUT2D eigenvalue weighted by Gasteiger charge is -2.21. The quantitative estimate of drug-likeness (QED) is 0.775. The zero-order valence-electron chi connectivity index (χ0n) is 12.6. The van der Waals surface area contributed by atoms with Gasteiger partial charge in [0, 0.05) is 25.1 Å². The molecular formula is C16H19FN2O4. The number of carboxylic acids is 1. The van der Waals surface area contributed by atoms with Gasteiger partial charge in [-0.3, -0.25) is 9.59 Å². The van der Waals surface area contributed by atoms with Gasteiger partial charge in [-0.1, -0.05) is 0 Å². The zero-order chi connectivity index (χ0) is 16.8. The second kappa shape index (κ2) is 7.71. The molecule has 2 amide bonds. The van der Waals surface area contributed by atoms with Crippen molar-refractivity contribution in [2.24, 2.45) is 0 Å². The van der Waals surface area contributed by atoms with E-state index in [-0.39, 0.29) is 18.2 Å². The Morgan fingerprint density at radius 1 is 1.26 bits per heavy atom. The Morgan fingerprint density at radius 3 is 2.61 bits per heavy atom. The fourth-order valence-electron chi connectivity index (χ4n) is 2.61. The van der Waals surface area contributed by atoms with Gasteiger partial charge in [-0.25, -0.2) is 9.18 Å². The highest BCUT2D eigenvalue weighted by molar-refractivity contribution is 5.94. The molecule has 124 valence electrons. The van der Waals surface area contributed by atoms with E-state index in [9.17, 15) is 18.8 Å². The molecule has 6 nitrogen and oxygen atoms in total. The first-order chi connectivity index (χ1) is 11.0. The maximum absolute atomic E-state index is 12.8. The van der Waals surface area contributed by atoms with Crippen LogP contribution in [0, 0.1) is 5.82 Å². The average Bonchev–Trinajstić information content (AvgIpc) is 3.01. The standard InChI is InChI=1S/C16H19FN2O4/c17-12-7-5-11(6-8-12)15(21)18-9-1-4-14(20)19-10-2-3-13(19)16(22)23/h5-8,13H,1-4,9-10H2,(H,18,21)(H,22,23)/t13-/m0/s1. The van der Waals surface area contributed by atoms with E-state index in [1.54, 1.807) is 0 Å². The normalized spacial score (nSPS) is 17.1. The predicted octanol–water partition coefficient (Wildman–Crippen LogP) is 1.41. The fourth-order valence-corrected chi connectivity index (χ4v) is 2.61. The van der Waals surface area contributed by atoms with Gasteiger partial charge in [0.05, 0.1) is 0 Å². The van der Waals surface area contributed by atoms with Crippen LogP contribution in [0.25, 0.3) is 0 Å². The molecule has 0 aliphatic carbocycles. The molecule has 0 unspecified atom stereocenters. The Bertz CT molecular complexity index is 588. The zero-order valence-corrected chi connectivity index (χ0v) is 12.6. The minimum atomic E-state index is -0.972. The highest BCUT2D eigenvalue weighted by Crippen LogP contribution is 2.18. The maximum Gasteiger partial charge on any atom is 0.326 e. The van der Waals surface area contributed by atoms with Crippen LogP contribution in [0.4, 0.5) is 4.39 Å². The summed E-state index contributed by atoms with van der Waals surface area (Å²) in [7, 11) is 0. The molecule has 1 aliphatic rings. The van der Waals surface area contributed by atoms with Crippen molar-refractivity contribution in [2.75, 3.05) is 13.1 Å². The minimum Gasteiger partial charge on any atom is -0.480 e. The number of carbonyl (C=O) groups is 3. The lowest BCUT2D eigenvalue weighted by atomic mass is 10.2. The molecule has 2 N–H and O–H groups in total. The number of nitrogens with one attached hydrogen (secondary N) is 1. The number of likely N-dealkylation sites (tertiary alicyclic amines) is 1. The van der Waals surface area contributed by atoms with E-state index in [0.717, 1.165) is 0 Å². The topological polar surface area (TPSA) is 86.7 Å². The molecule has 0 saturated carbocycles. The number of hydrogen-bond donors (Lipinski definition) is 2. The van der Waals surface area contributed by atoms with Crippen molar-refractivity contribution in [3.63, 3.8) is 0 Å². The molecule has 0 bridgehead atoms. The molecule has 0 spiro atoms. The summed E-state index contributed by atoms with van der Waals surface area (Å²) < 4.78 is 12.8. The van der Waals surface area contributed by atoms with Crippen molar-refractivity contribution in [3.8, 4) is 0 Å². The number of hydrogen-bond acceptors (Lipinski definition) is 3. The van der Waals surface area contributed by atoms with Gasteiger partial charge >= 0.3 is 5.97 Å². The lowest BCUT2D eigenvalue weighted by Crippen LogP contribution is -2.40. The van der Waals surface area contributed by atoms with Gasteiger partial charge < -0.3 is 15.3 Å². The van der Waals surface area contributed by atoms with Gasteiger partial charge in [-0.05, 0) is 43.5 Å². The number of carboxylic acid groups (broad SMARTS) is 1. The fraction of sp³-hybridized carbons (Fsp3) is 0.438. The Morgan fingerprint density at radius 2 is 1.96 bits per heavy atom. The first-order valence-corrected chi connectivity index (χ1v) is 7.55. The Labute approximate surface area is 133 Å². The lowest BCUT2D eigenvalue weighted by molar-refractivity contribution is -0.148. The summed E-state index contributed by atoms with van der Waals surface area (Å²) in [4.78, 5) is 36.2. The number of benzene rings is 1. The second-order valence-corrected chi connectivity index (χ2v) is 5.45. The molecule has 1 atom stereocenters. The summed E-state index contributed by atoms with van der Waals surface area (Å²) >= 11 is 0. The first kappa shape index (κ1) is 16.9. The van der Waals surface area contributed by atoms with Gasteiger partial charge in [-0.2, -0.15) is 0 Å². The molecule has 7 heteroatoms. The van der Waals surface area contributed by atoms with E-state index in [4.69, 9.17) is 5.11 Å². The van der Waals surface area contributed by atoms with Crippen molar-refractivity contribution in [1.82, 2.24) is 10.2 Å². The predicted molar refractivity (Wildman–Crippen MR) is 80.3 cm³/mol. The smallest absolute Gasteiger partial charge is 0.326 e. The highest BCUT2D eigenvalue weighted by atomic mass is 19.1. The van der Waals surface area contributed by atoms with Crippen molar-refractivity contribution in [3.05, 3.63) is 35.6 Å². The molecule has 1 aromatic carbocycles. The van der Waals surface area contributed by atoms with Crippen LogP contribution in [-0.2, 0) is 9.59 Å². The van der Waals surface area contributed by atoms with E-state index in [1.165, 1.54) is 29.2 Å². The molecular weight excluding hydrogens is 303 g/mol. The number of carbonyl (C=O) groups excluding carboxylic acids is 2. The number of amides is 2. The van der Waals surface area contributed by atoms with E-state index >= 15 is 0 Å². The van der Waals surface area contributed by atoms with Crippen LogP contribution in [-0.4, -0.2) is 46.9 Å². The molecule has 0 aromatic heterocycles. The summed E-state index contributed by atoms with van der Waals surface area (Å²) in [5.74, 6) is -1.92. The molecule has 2 rings (SSSR count). The number of nitrogens with zero attached hydrogens (tertiary/aromatic N) is 1. The molecule has 1 saturated heterocycles. The van der Waals surface area contributed by atoms with Gasteiger partial charge in [0.1, 0.15) is 11.9 Å². The second-order valence-electron chi connectivity index (χ2n) is 5.45. The number of halogens is 1. The van der Waals surface area contributed by atoms with Crippen LogP contribution in [0.1, 0.15) is 36.0 Å². The molecule has 1 aromatic rings. The third-order valence-electron chi connectivity index (χ3n) is 3.82. The van der Waals surface area contributed by atoms with E-state index in [0.29, 0.717) is 37.9 Å². The van der Waals surface area contributed by atoms with Crippen molar-refractivity contribution < 1.29 is 23.9 Å². The largest absolute Gasteiger partial charge is 0.480 e. The summed E-state index contributed by atoms with van der Waals surface area (Å²) in [6.45, 7) is 0.769. The molecule has 1 heterocycles. The summed E-state index contributed by atoms with van der Waals surface area (Å²) in [6, 6.07) is 4.46. The number of rotatable bonds is 6. The third kappa shape index (κ3) is 4.51. The third-order valence-corrected chi connectivity index (χ3v) is 3.82. The van der Waals surface area contributed by atoms with Crippen LogP contribution < -0.4 is 5.32 Å². The summed E-state index contributed by atoms with van der Waals surface area (Å²) in [5.41, 5.74) is 0.350. The van der Waals surface area contributed by atoms with Gasteiger partial charge in [0.15, 0.2) is 0 Å². The van der Waals surface area contributed by atoms with Crippen LogP contribution in [0.3, 0.4) is 0 Å². The minimum absolute atomic E-state index is 0.188. The average molecular weight is 322 g/mol. The SMILES string of the molecule is O=C(NCCCC(=O)N1CCC[C@H]1C(=O)O)c1ccc(F)cc1. The van der Waals surface area contributed by atoms with Crippen molar-refractivity contribution in [2.45, 2.75) is 31.7 Å². The molecule has 0 radical (unpaired) electrons. The summed E-state index contributed by atoms with van der Waals surface area (Å²) in [6.07, 6.45) is 1.80. The van der Waals surface area contributed by atoms with Crippen molar-refractivity contribution in [1.29, 1.82) is 0 Å². The van der Waals surface area contributed by atoms with Crippen LogP contribution >= 0.6 is 0 Å². The van der Waals surface area contributed by atoms with E-state index in [2.05, 4.69) is 5.32 Å². The van der Waals surface area contributed by atoms with Gasteiger partial charge in [-0.15, -0.1) is 0 Å². The van der Waals surface area contributed by atoms with Crippen molar-refractivity contribution >= 4 is 17.8 Å². The van der Waals surface area contributed by atoms with Crippen LogP contribution in [0.15, 0.2) is 24.3 Å². The van der Waals surface area contributed by atoms with E-state index in [1.807, 2.05) is 0 Å². The maximum atomic E-state index is 12.8. The van der Waals surface area contributed by atoms with Gasteiger partial charge in [0.25, 0.3) is 5.91 Å². The number of aliphatic carboxylic acids is 1. The Kier molecular flexibility index (Phi) is 5.67. The molecule has 1 fully saturated rings. The highest BCUT2D eigenvalue weighted by Gasteiger charge is 2.33. The summed E-state index contributed by atoms with van der Waals surface area (Å²) in [5, 5.41) is 11.7. The first-order valence-electron chi connectivity index (χ1n) is 7.55. The Balaban J connectivity index is 1.72. The van der Waals surface area contributed by atoms with Crippen LogP contribution in [0.5, 0.6) is 0 Å². The Hall–Kier alpha value is -2.44. The molecule has 1 aliphatic heterocycles. The van der Waals surface area contributed by atoms with Gasteiger partial charge in [0.2, 0.25) is 5.91 Å². The van der Waals surface area contributed by atoms with E-state index < -0.39 is 17.8 Å². The monoisotopic (exact) mass is 322 g/mol.